The summed E-state index contributed by atoms with van der Waals surface area (Å²) in [5.74, 6) is -0.670. The molecular weight excluding hydrogens is 584 g/mol. The van der Waals surface area contributed by atoms with Crippen molar-refractivity contribution in [3.63, 3.8) is 0 Å². The minimum atomic E-state index is -0.796. The lowest BCUT2D eigenvalue weighted by Gasteiger charge is -2.33. The van der Waals surface area contributed by atoms with Gasteiger partial charge in [0.05, 0.1) is 12.7 Å². The number of carbonyl (C=O) groups excluding carboxylic acids is 2. The highest BCUT2D eigenvalue weighted by molar-refractivity contribution is 5.94. The van der Waals surface area contributed by atoms with E-state index < -0.39 is 11.6 Å². The Kier molecular flexibility index (Phi) is 19.6. The van der Waals surface area contributed by atoms with Crippen LogP contribution in [0.5, 0.6) is 0 Å². The number of hydrogen-bond acceptors (Lipinski definition) is 6. The molecule has 0 spiro atoms. The molecule has 0 radical (unpaired) electrons. The number of aliphatic carboxylic acids is 1. The van der Waals surface area contributed by atoms with Crippen LogP contribution in [0, 0.1) is 0 Å². The Morgan fingerprint density at radius 2 is 1.54 bits per heavy atom. The van der Waals surface area contributed by atoms with Crippen molar-refractivity contribution in [2.75, 3.05) is 39.5 Å². The van der Waals surface area contributed by atoms with E-state index in [-0.39, 0.29) is 30.4 Å². The van der Waals surface area contributed by atoms with Gasteiger partial charge < -0.3 is 29.5 Å². The number of unbranched alkanes of at least 4 members (excludes halogenated alkanes) is 10. The number of hydrogen-bond donors (Lipinski definition) is 2. The van der Waals surface area contributed by atoms with Gasteiger partial charge in [0.15, 0.2) is 0 Å². The third kappa shape index (κ3) is 17.9. The fourth-order valence-corrected chi connectivity index (χ4v) is 5.66. The topological polar surface area (TPSA) is 114 Å². The minimum Gasteiger partial charge on any atom is -0.481 e. The smallest absolute Gasteiger partial charge is 0.410 e. The van der Waals surface area contributed by atoms with E-state index in [0.717, 1.165) is 31.2 Å². The maximum absolute atomic E-state index is 13.2. The number of carboxylic acid groups (broad SMARTS) is 1. The molecule has 9 heteroatoms. The van der Waals surface area contributed by atoms with Crippen molar-refractivity contribution in [2.24, 2.45) is 0 Å². The second kappa shape index (κ2) is 22.8. The van der Waals surface area contributed by atoms with Crippen LogP contribution in [-0.4, -0.2) is 79.1 Å². The van der Waals surface area contributed by atoms with E-state index in [9.17, 15) is 14.4 Å². The van der Waals surface area contributed by atoms with Crippen molar-refractivity contribution in [1.82, 2.24) is 10.2 Å². The molecule has 2 rings (SSSR count). The van der Waals surface area contributed by atoms with Crippen LogP contribution in [0.2, 0.25) is 0 Å². The second-order valence-corrected chi connectivity index (χ2v) is 13.7. The maximum Gasteiger partial charge on any atom is 0.410 e. The second-order valence-electron chi connectivity index (χ2n) is 13.7. The van der Waals surface area contributed by atoms with Gasteiger partial charge in [-0.25, -0.2) is 4.79 Å². The van der Waals surface area contributed by atoms with Crippen molar-refractivity contribution >= 4 is 18.0 Å². The summed E-state index contributed by atoms with van der Waals surface area (Å²) in [7, 11) is 0. The molecular formula is C37H62N2O7. The predicted molar refractivity (Wildman–Crippen MR) is 182 cm³/mol. The van der Waals surface area contributed by atoms with Crippen LogP contribution in [0.4, 0.5) is 4.79 Å². The zero-order valence-corrected chi connectivity index (χ0v) is 29.2. The third-order valence-electron chi connectivity index (χ3n) is 8.34. The first-order valence-corrected chi connectivity index (χ1v) is 17.9. The molecule has 1 aromatic carbocycles. The molecule has 1 saturated heterocycles. The van der Waals surface area contributed by atoms with Crippen molar-refractivity contribution in [2.45, 2.75) is 142 Å². The summed E-state index contributed by atoms with van der Waals surface area (Å²) in [6.07, 6.45) is 15.1. The molecule has 1 aromatic rings. The van der Waals surface area contributed by atoms with Gasteiger partial charge in [0, 0.05) is 44.8 Å². The number of likely N-dealkylation sites (tertiary alicyclic amines) is 1. The molecule has 2 N–H and O–H groups in total. The van der Waals surface area contributed by atoms with E-state index in [1.54, 1.807) is 4.90 Å². The number of nitrogens with one attached hydrogen (secondary N) is 1. The highest BCUT2D eigenvalue weighted by Crippen LogP contribution is 2.29. The van der Waals surface area contributed by atoms with Gasteiger partial charge in [-0.1, -0.05) is 76.8 Å². The van der Waals surface area contributed by atoms with Gasteiger partial charge in [0.25, 0.3) is 5.91 Å². The molecule has 1 atom stereocenters. The first-order chi connectivity index (χ1) is 22.1. The Balaban J connectivity index is 1.79. The lowest BCUT2D eigenvalue weighted by atomic mass is 9.88. The van der Waals surface area contributed by atoms with Gasteiger partial charge in [-0.15, -0.1) is 0 Å². The van der Waals surface area contributed by atoms with Crippen molar-refractivity contribution in [3.8, 4) is 0 Å². The maximum atomic E-state index is 13.2. The number of amides is 2. The van der Waals surface area contributed by atoms with Crippen molar-refractivity contribution in [3.05, 3.63) is 35.4 Å². The summed E-state index contributed by atoms with van der Waals surface area (Å²) in [5, 5.41) is 11.9. The van der Waals surface area contributed by atoms with Gasteiger partial charge in [0.1, 0.15) is 5.60 Å². The lowest BCUT2D eigenvalue weighted by molar-refractivity contribution is -0.137. The Labute approximate surface area is 278 Å². The first kappa shape index (κ1) is 39.5. The zero-order valence-electron chi connectivity index (χ0n) is 29.2. The molecule has 1 fully saturated rings. The number of ether oxygens (including phenoxy) is 3. The van der Waals surface area contributed by atoms with E-state index in [0.29, 0.717) is 57.9 Å². The monoisotopic (exact) mass is 646 g/mol. The molecule has 1 heterocycles. The highest BCUT2D eigenvalue weighted by atomic mass is 16.6. The number of carboxylic acids is 1. The summed E-state index contributed by atoms with van der Waals surface area (Å²) < 4.78 is 17.5. The molecule has 1 aliphatic rings. The van der Waals surface area contributed by atoms with Gasteiger partial charge >= 0.3 is 12.1 Å². The molecule has 46 heavy (non-hydrogen) atoms. The summed E-state index contributed by atoms with van der Waals surface area (Å²) >= 11 is 0. The van der Waals surface area contributed by atoms with Gasteiger partial charge in [0.2, 0.25) is 0 Å². The van der Waals surface area contributed by atoms with Gasteiger partial charge in [-0.2, -0.15) is 0 Å². The lowest BCUT2D eigenvalue weighted by Crippen LogP contribution is -2.41. The largest absolute Gasteiger partial charge is 0.481 e. The molecule has 0 saturated carbocycles. The summed E-state index contributed by atoms with van der Waals surface area (Å²) in [6, 6.07) is 7.76. The fourth-order valence-electron chi connectivity index (χ4n) is 5.66. The molecule has 1 aliphatic heterocycles. The Bertz CT molecular complexity index is 1000. The number of nitrogens with zero attached hydrogens (tertiary/aromatic N) is 1. The van der Waals surface area contributed by atoms with E-state index in [2.05, 4.69) is 18.3 Å². The number of piperidine rings is 1. The normalized spacial score (nSPS) is 14.7. The average molecular weight is 647 g/mol. The molecule has 1 unspecified atom stereocenters. The van der Waals surface area contributed by atoms with E-state index in [1.807, 2.05) is 39.0 Å². The molecule has 262 valence electrons. The fraction of sp³-hybridized carbons (Fsp3) is 0.757. The molecule has 9 nitrogen and oxygen atoms in total. The first-order valence-electron chi connectivity index (χ1n) is 17.9. The van der Waals surface area contributed by atoms with Crippen molar-refractivity contribution in [1.29, 1.82) is 0 Å². The molecule has 2 amide bonds. The Morgan fingerprint density at radius 1 is 0.913 bits per heavy atom. The van der Waals surface area contributed by atoms with Gasteiger partial charge in [-0.05, 0) is 76.5 Å². The van der Waals surface area contributed by atoms with Crippen LogP contribution in [0.15, 0.2) is 24.3 Å². The van der Waals surface area contributed by atoms with Gasteiger partial charge in [-0.3, -0.25) is 9.59 Å². The van der Waals surface area contributed by atoms with E-state index >= 15 is 0 Å². The standard InChI is InChI=1S/C37H62N2O7/c1-5-6-7-8-9-10-11-12-13-15-26-45-33(29-44-25-16-14-20-34(40)41)28-38-35(42)32-19-17-18-31(27-32)30-21-23-39(24-22-30)36(43)46-37(2,3)4/h17-19,27,30,33H,5-16,20-26,28-29H2,1-4H3,(H,38,42)(H,40,41). The van der Waals surface area contributed by atoms with Crippen molar-refractivity contribution < 1.29 is 33.7 Å². The third-order valence-corrected chi connectivity index (χ3v) is 8.34. The van der Waals surface area contributed by atoms with E-state index in [4.69, 9.17) is 19.3 Å². The highest BCUT2D eigenvalue weighted by Gasteiger charge is 2.27. The van der Waals surface area contributed by atoms with Crippen LogP contribution in [0.1, 0.15) is 146 Å². The SMILES string of the molecule is CCCCCCCCCCCCOC(CNC(=O)c1cccc(C2CCN(C(=O)OC(C)(C)C)CC2)c1)COCCCCC(=O)O. The number of rotatable bonds is 23. The van der Waals surface area contributed by atoms with Crippen LogP contribution >= 0.6 is 0 Å². The Morgan fingerprint density at radius 3 is 2.17 bits per heavy atom. The van der Waals surface area contributed by atoms with E-state index in [1.165, 1.54) is 51.4 Å². The number of carbonyl (C=O) groups is 3. The predicted octanol–water partition coefficient (Wildman–Crippen LogP) is 8.11. The summed E-state index contributed by atoms with van der Waals surface area (Å²) in [6.45, 7) is 10.9. The Hall–Kier alpha value is -2.65. The number of benzene rings is 1. The summed E-state index contributed by atoms with van der Waals surface area (Å²) in [4.78, 5) is 38.1. The average Bonchev–Trinajstić information content (AvgIpc) is 3.02. The van der Waals surface area contributed by atoms with Crippen LogP contribution in [0.25, 0.3) is 0 Å². The van der Waals surface area contributed by atoms with Crippen LogP contribution in [-0.2, 0) is 19.0 Å². The van der Waals surface area contributed by atoms with Crippen LogP contribution < -0.4 is 5.32 Å². The molecule has 0 bridgehead atoms. The molecule has 0 aromatic heterocycles. The zero-order chi connectivity index (χ0) is 33.6. The minimum absolute atomic E-state index is 0.139. The van der Waals surface area contributed by atoms with Crippen LogP contribution in [0.3, 0.4) is 0 Å². The molecule has 0 aliphatic carbocycles. The summed E-state index contributed by atoms with van der Waals surface area (Å²) in [5.41, 5.74) is 1.20. The quantitative estimate of drug-likeness (QED) is 0.115.